The number of benzene rings is 1. The Labute approximate surface area is 149 Å². The van der Waals surface area contributed by atoms with Crippen LogP contribution in [0, 0.1) is 5.82 Å². The molecule has 2 aromatic rings. The molecule has 3 heterocycles. The number of likely N-dealkylation sites (tertiary alicyclic amines) is 1. The van der Waals surface area contributed by atoms with Crippen LogP contribution in [-0.2, 0) is 0 Å². The Morgan fingerprint density at radius 3 is 2.84 bits per heavy atom. The van der Waals surface area contributed by atoms with Gasteiger partial charge in [0.25, 0.3) is 5.91 Å². The van der Waals surface area contributed by atoms with E-state index >= 15 is 0 Å². The zero-order valence-electron chi connectivity index (χ0n) is 13.8. The number of hydrogen-bond donors (Lipinski definition) is 0. The van der Waals surface area contributed by atoms with Gasteiger partial charge in [0.2, 0.25) is 0 Å². The molecule has 1 fully saturated rings. The van der Waals surface area contributed by atoms with Crippen molar-refractivity contribution in [3.05, 3.63) is 53.6 Å². The van der Waals surface area contributed by atoms with Crippen molar-refractivity contribution in [2.24, 2.45) is 4.99 Å². The maximum Gasteiger partial charge on any atom is 0.253 e. The summed E-state index contributed by atoms with van der Waals surface area (Å²) in [5.41, 5.74) is 1.66. The van der Waals surface area contributed by atoms with Crippen molar-refractivity contribution in [2.75, 3.05) is 24.7 Å². The molecule has 1 aromatic heterocycles. The number of aliphatic imine (C=N–C) groups is 1. The fourth-order valence-electron chi connectivity index (χ4n) is 3.45. The predicted octanol–water partition coefficient (Wildman–Crippen LogP) is 2.99. The summed E-state index contributed by atoms with van der Waals surface area (Å²) < 4.78 is 15.0. The Morgan fingerprint density at radius 1 is 1.24 bits per heavy atom. The van der Waals surface area contributed by atoms with Crippen molar-refractivity contribution in [1.82, 2.24) is 14.7 Å². The molecule has 2 aliphatic heterocycles. The number of piperidine rings is 1. The van der Waals surface area contributed by atoms with E-state index in [1.807, 2.05) is 21.8 Å². The van der Waals surface area contributed by atoms with Gasteiger partial charge in [-0.1, -0.05) is 0 Å². The smallest absolute Gasteiger partial charge is 0.253 e. The molecular formula is C18H19FN4OS. The van der Waals surface area contributed by atoms with Crippen LogP contribution in [0.2, 0.25) is 0 Å². The van der Waals surface area contributed by atoms with Crippen LogP contribution in [0.1, 0.15) is 34.8 Å². The van der Waals surface area contributed by atoms with Gasteiger partial charge in [0.05, 0.1) is 17.3 Å². The molecule has 0 saturated carbocycles. The summed E-state index contributed by atoms with van der Waals surface area (Å²) >= 11 is 1.78. The Kier molecular flexibility index (Phi) is 4.57. The molecule has 1 aromatic carbocycles. The molecule has 0 unspecified atom stereocenters. The van der Waals surface area contributed by atoms with E-state index in [0.29, 0.717) is 12.1 Å². The molecule has 1 saturated heterocycles. The van der Waals surface area contributed by atoms with Gasteiger partial charge < -0.3 is 4.90 Å². The van der Waals surface area contributed by atoms with Crippen molar-refractivity contribution in [1.29, 1.82) is 0 Å². The Balaban J connectivity index is 1.53. The molecule has 130 valence electrons. The van der Waals surface area contributed by atoms with E-state index in [2.05, 4.69) is 10.1 Å². The van der Waals surface area contributed by atoms with Crippen molar-refractivity contribution in [2.45, 2.75) is 18.8 Å². The summed E-state index contributed by atoms with van der Waals surface area (Å²) in [4.78, 5) is 19.1. The highest BCUT2D eigenvalue weighted by molar-refractivity contribution is 8.00. The van der Waals surface area contributed by atoms with Gasteiger partial charge in [0.1, 0.15) is 11.7 Å². The fraction of sp³-hybridized carbons (Fsp3) is 0.389. The Bertz CT molecular complexity index is 802. The average Bonchev–Trinajstić information content (AvgIpc) is 3.33. The SMILES string of the molecule is O=C(c1ccc(F)cc1)N1CCC[C@H](c2ccnn2C2=NCSC2)C1. The van der Waals surface area contributed by atoms with E-state index in [0.717, 1.165) is 42.5 Å². The largest absolute Gasteiger partial charge is 0.338 e. The minimum Gasteiger partial charge on any atom is -0.338 e. The summed E-state index contributed by atoms with van der Waals surface area (Å²) in [5.74, 6) is 2.53. The third kappa shape index (κ3) is 3.33. The average molecular weight is 358 g/mol. The van der Waals surface area contributed by atoms with Gasteiger partial charge in [-0.3, -0.25) is 9.79 Å². The third-order valence-electron chi connectivity index (χ3n) is 4.70. The molecule has 1 atom stereocenters. The van der Waals surface area contributed by atoms with E-state index in [1.165, 1.54) is 12.1 Å². The summed E-state index contributed by atoms with van der Waals surface area (Å²) in [6, 6.07) is 7.80. The van der Waals surface area contributed by atoms with E-state index in [9.17, 15) is 9.18 Å². The number of amides is 1. The van der Waals surface area contributed by atoms with Crippen LogP contribution in [0.4, 0.5) is 4.39 Å². The van der Waals surface area contributed by atoms with E-state index in [4.69, 9.17) is 0 Å². The van der Waals surface area contributed by atoms with Crippen molar-refractivity contribution < 1.29 is 9.18 Å². The second-order valence-electron chi connectivity index (χ2n) is 6.32. The Hall–Kier alpha value is -2.15. The van der Waals surface area contributed by atoms with Crippen LogP contribution in [0.15, 0.2) is 41.5 Å². The van der Waals surface area contributed by atoms with Gasteiger partial charge in [-0.15, -0.1) is 11.8 Å². The minimum absolute atomic E-state index is 0.0375. The molecule has 0 spiro atoms. The van der Waals surface area contributed by atoms with Crippen molar-refractivity contribution in [3.63, 3.8) is 0 Å². The number of carbonyl (C=O) groups excluding carboxylic acids is 1. The van der Waals surface area contributed by atoms with Crippen LogP contribution in [-0.4, -0.2) is 51.1 Å². The van der Waals surface area contributed by atoms with Gasteiger partial charge in [-0.05, 0) is 43.2 Å². The lowest BCUT2D eigenvalue weighted by Gasteiger charge is -2.33. The number of carbonyl (C=O) groups is 1. The first-order valence-corrected chi connectivity index (χ1v) is 9.58. The van der Waals surface area contributed by atoms with Crippen LogP contribution in [0.5, 0.6) is 0 Å². The van der Waals surface area contributed by atoms with Crippen LogP contribution < -0.4 is 0 Å². The molecule has 0 bridgehead atoms. The van der Waals surface area contributed by atoms with Gasteiger partial charge >= 0.3 is 0 Å². The second kappa shape index (κ2) is 7.00. The predicted molar refractivity (Wildman–Crippen MR) is 96.7 cm³/mol. The van der Waals surface area contributed by atoms with Crippen LogP contribution in [0.25, 0.3) is 0 Å². The number of thioether (sulfide) groups is 1. The molecule has 25 heavy (non-hydrogen) atoms. The normalized spacial score (nSPS) is 20.6. The summed E-state index contributed by atoms with van der Waals surface area (Å²) in [6.45, 7) is 1.39. The first-order valence-electron chi connectivity index (χ1n) is 8.42. The second-order valence-corrected chi connectivity index (χ2v) is 7.27. The zero-order valence-corrected chi connectivity index (χ0v) is 14.6. The molecule has 0 radical (unpaired) electrons. The maximum absolute atomic E-state index is 13.1. The first-order chi connectivity index (χ1) is 12.2. The highest BCUT2D eigenvalue weighted by atomic mass is 32.2. The summed E-state index contributed by atoms with van der Waals surface area (Å²) in [6.07, 6.45) is 3.78. The highest BCUT2D eigenvalue weighted by Crippen LogP contribution is 2.28. The van der Waals surface area contributed by atoms with E-state index < -0.39 is 0 Å². The number of aromatic nitrogens is 2. The standard InChI is InChI=1S/C18H19FN4OS/c19-15-5-3-13(4-6-15)18(24)22-9-1-2-14(10-22)16-7-8-21-23(16)17-11-25-12-20-17/h3-8,14H,1-2,9-12H2/t14-/m0/s1. The molecule has 2 aliphatic rings. The molecule has 4 rings (SSSR count). The van der Waals surface area contributed by atoms with Crippen molar-refractivity contribution in [3.8, 4) is 0 Å². The first kappa shape index (κ1) is 16.3. The zero-order chi connectivity index (χ0) is 17.2. The number of hydrogen-bond acceptors (Lipinski definition) is 4. The quantitative estimate of drug-likeness (QED) is 0.829. The van der Waals surface area contributed by atoms with Gasteiger partial charge in [0, 0.05) is 30.8 Å². The molecule has 7 heteroatoms. The van der Waals surface area contributed by atoms with Gasteiger partial charge in [-0.2, -0.15) is 5.10 Å². The van der Waals surface area contributed by atoms with Crippen LogP contribution >= 0.6 is 11.8 Å². The molecule has 5 nitrogen and oxygen atoms in total. The lowest BCUT2D eigenvalue weighted by Crippen LogP contribution is -2.40. The monoisotopic (exact) mass is 358 g/mol. The molecule has 1 amide bonds. The van der Waals surface area contributed by atoms with E-state index in [-0.39, 0.29) is 17.6 Å². The fourth-order valence-corrected chi connectivity index (χ4v) is 4.17. The minimum atomic E-state index is -0.327. The highest BCUT2D eigenvalue weighted by Gasteiger charge is 2.28. The number of nitrogens with zero attached hydrogens (tertiary/aromatic N) is 4. The third-order valence-corrected chi connectivity index (χ3v) is 5.48. The van der Waals surface area contributed by atoms with Crippen molar-refractivity contribution >= 4 is 23.5 Å². The van der Waals surface area contributed by atoms with Crippen LogP contribution in [0.3, 0.4) is 0 Å². The Morgan fingerprint density at radius 2 is 2.08 bits per heavy atom. The van der Waals surface area contributed by atoms with E-state index in [1.54, 1.807) is 23.9 Å². The summed E-state index contributed by atoms with van der Waals surface area (Å²) in [7, 11) is 0. The number of rotatable bonds is 2. The summed E-state index contributed by atoms with van der Waals surface area (Å²) in [5, 5.41) is 4.44. The molecule has 0 N–H and O–H groups in total. The number of halogens is 1. The molecule has 0 aliphatic carbocycles. The molecular weight excluding hydrogens is 339 g/mol. The maximum atomic E-state index is 13.1. The lowest BCUT2D eigenvalue weighted by atomic mass is 9.94. The topological polar surface area (TPSA) is 50.5 Å². The van der Waals surface area contributed by atoms with Gasteiger partial charge in [0.15, 0.2) is 0 Å². The van der Waals surface area contributed by atoms with Gasteiger partial charge in [-0.25, -0.2) is 9.07 Å². The lowest BCUT2D eigenvalue weighted by molar-refractivity contribution is 0.0705.